The lowest BCUT2D eigenvalue weighted by Crippen LogP contribution is -2.56. The molecule has 5 rings (SSSR count). The number of nitrogens with zero attached hydrogens (tertiary/aromatic N) is 1. The summed E-state index contributed by atoms with van der Waals surface area (Å²) in [6, 6.07) is 8.86. The fourth-order valence-electron chi connectivity index (χ4n) is 5.56. The van der Waals surface area contributed by atoms with Crippen molar-refractivity contribution < 1.29 is 24.6 Å². The number of fused-ring (bicyclic) bond motifs is 4. The lowest BCUT2D eigenvalue weighted by atomic mass is 9.76. The van der Waals surface area contributed by atoms with Crippen molar-refractivity contribution in [1.29, 1.82) is 0 Å². The minimum absolute atomic E-state index is 0.253. The second-order valence-electron chi connectivity index (χ2n) is 9.92. The molecule has 0 unspecified atom stereocenters. The van der Waals surface area contributed by atoms with Gasteiger partial charge in [0.15, 0.2) is 11.5 Å². The van der Waals surface area contributed by atoms with Gasteiger partial charge in [0.2, 0.25) is 17.7 Å². The number of benzene rings is 2. The summed E-state index contributed by atoms with van der Waals surface area (Å²) in [7, 11) is 0. The Morgan fingerprint density at radius 2 is 1.76 bits per heavy atom. The largest absolute Gasteiger partial charge is 0.504 e. The van der Waals surface area contributed by atoms with Crippen molar-refractivity contribution in [3.63, 3.8) is 0 Å². The zero-order chi connectivity index (χ0) is 23.9. The average Bonchev–Trinajstić information content (AvgIpc) is 3.29. The second-order valence-corrected chi connectivity index (χ2v) is 10.4. The fourth-order valence-corrected chi connectivity index (χ4v) is 5.73. The van der Waals surface area contributed by atoms with Crippen LogP contribution in [0.1, 0.15) is 31.9 Å². The van der Waals surface area contributed by atoms with Crippen molar-refractivity contribution in [2.75, 3.05) is 5.32 Å². The molecule has 0 bridgehead atoms. The predicted molar refractivity (Wildman–Crippen MR) is 121 cm³/mol. The SMILES string of the molecule is CC(C)(C)N1C(=O)[C@@H]2[C@H](Cc3ccc(O)c(O)c3)N[C@@]3(C(=O)Nc4ccc(Cl)cc43)[C@H]2C1=O. The number of carbonyl (C=O) groups is 3. The number of likely N-dealkylation sites (tertiary alicyclic amines) is 1. The first kappa shape index (κ1) is 21.7. The van der Waals surface area contributed by atoms with E-state index in [0.717, 1.165) is 0 Å². The van der Waals surface area contributed by atoms with E-state index in [2.05, 4.69) is 10.6 Å². The summed E-state index contributed by atoms with van der Waals surface area (Å²) >= 11 is 6.26. The van der Waals surface area contributed by atoms with Crippen LogP contribution in [0.3, 0.4) is 0 Å². The highest BCUT2D eigenvalue weighted by Gasteiger charge is 2.71. The van der Waals surface area contributed by atoms with Crippen LogP contribution < -0.4 is 10.6 Å². The van der Waals surface area contributed by atoms with Crippen molar-refractivity contribution in [3.05, 3.63) is 52.5 Å². The van der Waals surface area contributed by atoms with E-state index < -0.39 is 40.8 Å². The third kappa shape index (κ3) is 2.97. The molecule has 4 atom stereocenters. The van der Waals surface area contributed by atoms with E-state index >= 15 is 0 Å². The van der Waals surface area contributed by atoms with E-state index in [1.54, 1.807) is 45.0 Å². The van der Waals surface area contributed by atoms with Crippen LogP contribution in [0, 0.1) is 11.8 Å². The first-order chi connectivity index (χ1) is 15.4. The maximum absolute atomic E-state index is 13.7. The number of nitrogens with one attached hydrogen (secondary N) is 2. The monoisotopic (exact) mass is 469 g/mol. The van der Waals surface area contributed by atoms with Crippen LogP contribution in [0.5, 0.6) is 11.5 Å². The molecule has 2 fully saturated rings. The lowest BCUT2D eigenvalue weighted by Gasteiger charge is -2.34. The molecule has 0 aromatic heterocycles. The summed E-state index contributed by atoms with van der Waals surface area (Å²) in [5, 5.41) is 26.2. The van der Waals surface area contributed by atoms with Crippen LogP contribution in [0.25, 0.3) is 0 Å². The molecular weight excluding hydrogens is 446 g/mol. The molecule has 0 radical (unpaired) electrons. The van der Waals surface area contributed by atoms with Gasteiger partial charge < -0.3 is 15.5 Å². The molecule has 0 aliphatic carbocycles. The van der Waals surface area contributed by atoms with Gasteiger partial charge in [-0.2, -0.15) is 0 Å². The highest BCUT2D eigenvalue weighted by atomic mass is 35.5. The van der Waals surface area contributed by atoms with Gasteiger partial charge in [-0.3, -0.25) is 24.6 Å². The number of phenolic OH excluding ortho intramolecular Hbond substituents is 2. The van der Waals surface area contributed by atoms with E-state index in [0.29, 0.717) is 21.8 Å². The summed E-state index contributed by atoms with van der Waals surface area (Å²) < 4.78 is 0. The Labute approximate surface area is 195 Å². The quantitative estimate of drug-likeness (QED) is 0.396. The summed E-state index contributed by atoms with van der Waals surface area (Å²) in [4.78, 5) is 42.0. The summed E-state index contributed by atoms with van der Waals surface area (Å²) in [5.41, 5.74) is -0.456. The number of hydrogen-bond acceptors (Lipinski definition) is 6. The Morgan fingerprint density at radius 3 is 2.42 bits per heavy atom. The third-order valence-electron chi connectivity index (χ3n) is 6.84. The van der Waals surface area contributed by atoms with Gasteiger partial charge in [-0.15, -0.1) is 0 Å². The van der Waals surface area contributed by atoms with E-state index in [1.165, 1.54) is 17.0 Å². The molecule has 3 aliphatic heterocycles. The highest BCUT2D eigenvalue weighted by Crippen LogP contribution is 2.54. The van der Waals surface area contributed by atoms with Crippen molar-refractivity contribution in [3.8, 4) is 11.5 Å². The standard InChI is InChI=1S/C24H24ClN3O5/c1-23(2,3)28-20(31)18-15(8-11-4-7-16(29)17(30)9-11)27-24(19(18)21(28)32)13-10-12(25)5-6-14(13)26-22(24)33/h4-7,9-10,15,18-19,27,29-30H,8H2,1-3H3,(H,26,33)/t15-,18+,19+,24+/m0/s1. The first-order valence-corrected chi connectivity index (χ1v) is 11.1. The number of amides is 3. The number of anilines is 1. The molecule has 8 nitrogen and oxygen atoms in total. The predicted octanol–water partition coefficient (Wildman–Crippen LogP) is 2.51. The van der Waals surface area contributed by atoms with Gasteiger partial charge in [0, 0.05) is 27.9 Å². The fraction of sp³-hybridized carbons (Fsp3) is 0.375. The molecule has 3 amide bonds. The number of imide groups is 1. The van der Waals surface area contributed by atoms with Gasteiger partial charge in [0.25, 0.3) is 0 Å². The van der Waals surface area contributed by atoms with Crippen molar-refractivity contribution in [2.45, 2.75) is 44.3 Å². The molecule has 2 saturated heterocycles. The van der Waals surface area contributed by atoms with Gasteiger partial charge in [0.1, 0.15) is 5.54 Å². The topological polar surface area (TPSA) is 119 Å². The molecule has 33 heavy (non-hydrogen) atoms. The van der Waals surface area contributed by atoms with E-state index in [9.17, 15) is 24.6 Å². The van der Waals surface area contributed by atoms with Gasteiger partial charge in [-0.25, -0.2) is 0 Å². The van der Waals surface area contributed by atoms with Gasteiger partial charge in [0.05, 0.1) is 11.8 Å². The Kier molecular flexibility index (Phi) is 4.58. The molecule has 9 heteroatoms. The first-order valence-electron chi connectivity index (χ1n) is 10.7. The minimum atomic E-state index is -1.44. The second kappa shape index (κ2) is 6.95. The van der Waals surface area contributed by atoms with Gasteiger partial charge >= 0.3 is 0 Å². The normalized spacial score (nSPS) is 28.4. The number of hydrogen-bond donors (Lipinski definition) is 4. The van der Waals surface area contributed by atoms with Crippen LogP contribution in [0.4, 0.5) is 5.69 Å². The summed E-state index contributed by atoms with van der Waals surface area (Å²) in [5.74, 6) is -3.40. The number of phenols is 2. The summed E-state index contributed by atoms with van der Waals surface area (Å²) in [6.07, 6.45) is 0.261. The molecule has 4 N–H and O–H groups in total. The smallest absolute Gasteiger partial charge is 0.250 e. The van der Waals surface area contributed by atoms with E-state index in [1.807, 2.05) is 0 Å². The average molecular weight is 470 g/mol. The molecule has 172 valence electrons. The Balaban J connectivity index is 1.66. The molecular formula is C24H24ClN3O5. The van der Waals surface area contributed by atoms with Crippen molar-refractivity contribution >= 4 is 35.0 Å². The zero-order valence-corrected chi connectivity index (χ0v) is 19.1. The Hall–Kier alpha value is -3.10. The Bertz CT molecular complexity index is 1220. The highest BCUT2D eigenvalue weighted by molar-refractivity contribution is 6.31. The van der Waals surface area contributed by atoms with Crippen LogP contribution >= 0.6 is 11.6 Å². The van der Waals surface area contributed by atoms with Crippen molar-refractivity contribution in [2.24, 2.45) is 11.8 Å². The molecule has 1 spiro atoms. The molecule has 3 aliphatic rings. The summed E-state index contributed by atoms with van der Waals surface area (Å²) in [6.45, 7) is 5.36. The number of aromatic hydroxyl groups is 2. The zero-order valence-electron chi connectivity index (χ0n) is 18.3. The lowest BCUT2D eigenvalue weighted by molar-refractivity contribution is -0.147. The number of carbonyl (C=O) groups excluding carboxylic acids is 3. The van der Waals surface area contributed by atoms with Crippen molar-refractivity contribution in [1.82, 2.24) is 10.2 Å². The minimum Gasteiger partial charge on any atom is -0.504 e. The van der Waals surface area contributed by atoms with E-state index in [4.69, 9.17) is 11.6 Å². The third-order valence-corrected chi connectivity index (χ3v) is 7.08. The van der Waals surface area contributed by atoms with Crippen LogP contribution in [0.2, 0.25) is 5.02 Å². The number of halogens is 1. The molecule has 0 saturated carbocycles. The van der Waals surface area contributed by atoms with Crippen LogP contribution in [-0.2, 0) is 26.3 Å². The Morgan fingerprint density at radius 1 is 1.03 bits per heavy atom. The molecule has 3 heterocycles. The molecule has 2 aromatic carbocycles. The number of rotatable bonds is 2. The maximum atomic E-state index is 13.7. The van der Waals surface area contributed by atoms with Gasteiger partial charge in [-0.05, 0) is 63.1 Å². The maximum Gasteiger partial charge on any atom is 0.250 e. The van der Waals surface area contributed by atoms with Crippen LogP contribution in [0.15, 0.2) is 36.4 Å². The van der Waals surface area contributed by atoms with Crippen LogP contribution in [-0.4, -0.2) is 44.4 Å². The van der Waals surface area contributed by atoms with Gasteiger partial charge in [-0.1, -0.05) is 17.7 Å². The molecule has 2 aromatic rings. The van der Waals surface area contributed by atoms with E-state index in [-0.39, 0.29) is 23.8 Å².